The Kier molecular flexibility index (Phi) is 5.28. The number of halogens is 1. The van der Waals surface area contributed by atoms with Crippen molar-refractivity contribution in [2.75, 3.05) is 13.3 Å². The Morgan fingerprint density at radius 1 is 1.15 bits per heavy atom. The maximum absolute atomic E-state index is 13.0. The SMILES string of the molecule is CCN(Cc1ccc2c(c1)OCO2)C(=O)C(C)(C)Oc1ccc(Cl)cc1. The van der Waals surface area contributed by atoms with Gasteiger partial charge in [-0.2, -0.15) is 0 Å². The van der Waals surface area contributed by atoms with Crippen molar-refractivity contribution in [1.82, 2.24) is 4.90 Å². The number of carbonyl (C=O) groups excluding carboxylic acids is 1. The van der Waals surface area contributed by atoms with Gasteiger partial charge >= 0.3 is 0 Å². The molecular formula is C20H22ClNO4. The minimum Gasteiger partial charge on any atom is -0.478 e. The van der Waals surface area contributed by atoms with Crippen LogP contribution in [-0.2, 0) is 11.3 Å². The van der Waals surface area contributed by atoms with Crippen molar-refractivity contribution < 1.29 is 19.0 Å². The van der Waals surface area contributed by atoms with E-state index < -0.39 is 5.60 Å². The first kappa shape index (κ1) is 18.4. The Morgan fingerprint density at radius 2 is 1.85 bits per heavy atom. The van der Waals surface area contributed by atoms with Crippen LogP contribution in [0.25, 0.3) is 0 Å². The van der Waals surface area contributed by atoms with Crippen LogP contribution in [0, 0.1) is 0 Å². The molecule has 0 saturated heterocycles. The van der Waals surface area contributed by atoms with E-state index >= 15 is 0 Å². The molecular weight excluding hydrogens is 354 g/mol. The second-order valence-electron chi connectivity index (χ2n) is 6.57. The van der Waals surface area contributed by atoms with Gasteiger partial charge in [0.2, 0.25) is 6.79 Å². The van der Waals surface area contributed by atoms with E-state index in [0.717, 1.165) is 11.3 Å². The predicted molar refractivity (Wildman–Crippen MR) is 99.8 cm³/mol. The number of carbonyl (C=O) groups is 1. The van der Waals surface area contributed by atoms with Gasteiger partial charge in [0.05, 0.1) is 0 Å². The number of amides is 1. The summed E-state index contributed by atoms with van der Waals surface area (Å²) in [6.45, 7) is 6.76. The molecule has 26 heavy (non-hydrogen) atoms. The van der Waals surface area contributed by atoms with E-state index in [4.69, 9.17) is 25.8 Å². The Bertz CT molecular complexity index is 789. The third kappa shape index (κ3) is 4.05. The van der Waals surface area contributed by atoms with Crippen LogP contribution in [0.5, 0.6) is 17.2 Å². The number of likely N-dealkylation sites (N-methyl/N-ethyl adjacent to an activating group) is 1. The van der Waals surface area contributed by atoms with E-state index in [1.54, 1.807) is 43.0 Å². The molecule has 2 aromatic carbocycles. The van der Waals surface area contributed by atoms with Crippen molar-refractivity contribution >= 4 is 17.5 Å². The molecule has 0 spiro atoms. The molecule has 0 saturated carbocycles. The van der Waals surface area contributed by atoms with Crippen molar-refractivity contribution in [3.05, 3.63) is 53.1 Å². The number of benzene rings is 2. The van der Waals surface area contributed by atoms with Gasteiger partial charge in [0, 0.05) is 18.1 Å². The van der Waals surface area contributed by atoms with Crippen molar-refractivity contribution in [3.8, 4) is 17.2 Å². The summed E-state index contributed by atoms with van der Waals surface area (Å²) in [5, 5.41) is 0.625. The third-order valence-electron chi connectivity index (χ3n) is 4.18. The highest BCUT2D eigenvalue weighted by molar-refractivity contribution is 6.30. The summed E-state index contributed by atoms with van der Waals surface area (Å²) in [6, 6.07) is 12.7. The zero-order chi connectivity index (χ0) is 18.7. The topological polar surface area (TPSA) is 48.0 Å². The van der Waals surface area contributed by atoms with Gasteiger partial charge in [0.25, 0.3) is 5.91 Å². The van der Waals surface area contributed by atoms with Crippen LogP contribution in [0.3, 0.4) is 0 Å². The van der Waals surface area contributed by atoms with E-state index in [0.29, 0.717) is 29.6 Å². The third-order valence-corrected chi connectivity index (χ3v) is 4.43. The summed E-state index contributed by atoms with van der Waals surface area (Å²) >= 11 is 5.90. The lowest BCUT2D eigenvalue weighted by Crippen LogP contribution is -2.48. The molecule has 0 aliphatic carbocycles. The highest BCUT2D eigenvalue weighted by Gasteiger charge is 2.34. The Balaban J connectivity index is 1.71. The zero-order valence-corrected chi connectivity index (χ0v) is 15.9. The minimum absolute atomic E-state index is 0.0902. The van der Waals surface area contributed by atoms with Crippen LogP contribution in [0.4, 0.5) is 0 Å². The predicted octanol–water partition coefficient (Wildman–Crippen LogP) is 4.27. The fraction of sp³-hybridized carbons (Fsp3) is 0.350. The first-order valence-electron chi connectivity index (χ1n) is 8.51. The Labute approximate surface area is 158 Å². The van der Waals surface area contributed by atoms with Gasteiger partial charge in [-0.1, -0.05) is 17.7 Å². The molecule has 0 atom stereocenters. The zero-order valence-electron chi connectivity index (χ0n) is 15.1. The summed E-state index contributed by atoms with van der Waals surface area (Å²) in [7, 11) is 0. The molecule has 0 fully saturated rings. The minimum atomic E-state index is -1.000. The van der Waals surface area contributed by atoms with E-state index in [2.05, 4.69) is 0 Å². The molecule has 6 heteroatoms. The number of ether oxygens (including phenoxy) is 3. The monoisotopic (exact) mass is 375 g/mol. The lowest BCUT2D eigenvalue weighted by Gasteiger charge is -2.32. The van der Waals surface area contributed by atoms with Gasteiger partial charge in [-0.05, 0) is 62.7 Å². The number of hydrogen-bond acceptors (Lipinski definition) is 4. The maximum atomic E-state index is 13.0. The number of nitrogens with zero attached hydrogens (tertiary/aromatic N) is 1. The van der Waals surface area contributed by atoms with Crippen molar-refractivity contribution in [1.29, 1.82) is 0 Å². The summed E-state index contributed by atoms with van der Waals surface area (Å²) in [4.78, 5) is 14.8. The molecule has 1 aliphatic heterocycles. The van der Waals surface area contributed by atoms with Crippen molar-refractivity contribution in [2.24, 2.45) is 0 Å². The smallest absolute Gasteiger partial charge is 0.266 e. The fourth-order valence-corrected chi connectivity index (χ4v) is 2.93. The molecule has 0 radical (unpaired) electrons. The number of fused-ring (bicyclic) bond motifs is 1. The van der Waals surface area contributed by atoms with Gasteiger partial charge in [0.1, 0.15) is 5.75 Å². The summed E-state index contributed by atoms with van der Waals surface area (Å²) in [5.41, 5.74) is -0.0214. The number of rotatable bonds is 6. The highest BCUT2D eigenvalue weighted by Crippen LogP contribution is 2.33. The van der Waals surface area contributed by atoms with Gasteiger partial charge in [-0.25, -0.2) is 0 Å². The molecule has 1 heterocycles. The average molecular weight is 376 g/mol. The molecule has 0 unspecified atom stereocenters. The van der Waals surface area contributed by atoms with Gasteiger partial charge < -0.3 is 19.1 Å². The second-order valence-corrected chi connectivity index (χ2v) is 7.01. The number of hydrogen-bond donors (Lipinski definition) is 0. The van der Waals surface area contributed by atoms with Crippen LogP contribution >= 0.6 is 11.6 Å². The van der Waals surface area contributed by atoms with Crippen LogP contribution in [0.1, 0.15) is 26.3 Å². The molecule has 1 aliphatic rings. The highest BCUT2D eigenvalue weighted by atomic mass is 35.5. The molecule has 1 amide bonds. The quantitative estimate of drug-likeness (QED) is 0.756. The normalized spacial score (nSPS) is 12.8. The molecule has 0 N–H and O–H groups in total. The maximum Gasteiger partial charge on any atom is 0.266 e. The van der Waals surface area contributed by atoms with E-state index in [1.807, 2.05) is 25.1 Å². The Morgan fingerprint density at radius 3 is 2.54 bits per heavy atom. The summed E-state index contributed by atoms with van der Waals surface area (Å²) in [6.07, 6.45) is 0. The molecule has 0 bridgehead atoms. The van der Waals surface area contributed by atoms with Crippen molar-refractivity contribution in [2.45, 2.75) is 32.9 Å². The summed E-state index contributed by atoms with van der Waals surface area (Å²) in [5.74, 6) is 1.96. The van der Waals surface area contributed by atoms with Crippen LogP contribution in [0.2, 0.25) is 5.02 Å². The first-order chi connectivity index (χ1) is 12.4. The molecule has 3 rings (SSSR count). The van der Waals surface area contributed by atoms with Gasteiger partial charge in [0.15, 0.2) is 17.1 Å². The summed E-state index contributed by atoms with van der Waals surface area (Å²) < 4.78 is 16.7. The van der Waals surface area contributed by atoms with Crippen molar-refractivity contribution in [3.63, 3.8) is 0 Å². The molecule has 0 aromatic heterocycles. The lowest BCUT2D eigenvalue weighted by atomic mass is 10.1. The Hall–Kier alpha value is -2.40. The van der Waals surface area contributed by atoms with Gasteiger partial charge in [-0.15, -0.1) is 0 Å². The average Bonchev–Trinajstić information content (AvgIpc) is 3.08. The first-order valence-corrected chi connectivity index (χ1v) is 8.89. The van der Waals surface area contributed by atoms with Crippen LogP contribution in [0.15, 0.2) is 42.5 Å². The van der Waals surface area contributed by atoms with Gasteiger partial charge in [-0.3, -0.25) is 4.79 Å². The van der Waals surface area contributed by atoms with Crippen LogP contribution in [-0.4, -0.2) is 29.7 Å². The fourth-order valence-electron chi connectivity index (χ4n) is 2.81. The molecule has 2 aromatic rings. The standard InChI is InChI=1S/C20H22ClNO4/c1-4-22(12-14-5-10-17-18(11-14)25-13-24-17)19(23)20(2,3)26-16-8-6-15(21)7-9-16/h5-11H,4,12-13H2,1-3H3. The van der Waals surface area contributed by atoms with Crippen LogP contribution < -0.4 is 14.2 Å². The lowest BCUT2D eigenvalue weighted by molar-refractivity contribution is -0.145. The van der Waals surface area contributed by atoms with E-state index in [1.165, 1.54) is 0 Å². The largest absolute Gasteiger partial charge is 0.478 e. The second kappa shape index (κ2) is 7.46. The van der Waals surface area contributed by atoms with E-state index in [9.17, 15) is 4.79 Å². The van der Waals surface area contributed by atoms with E-state index in [-0.39, 0.29) is 12.7 Å². The molecule has 5 nitrogen and oxygen atoms in total. The molecule has 138 valence electrons.